The van der Waals surface area contributed by atoms with Gasteiger partial charge in [-0.1, -0.05) is 43.0 Å². The molecule has 0 aliphatic heterocycles. The fraction of sp³-hybridized carbons (Fsp3) is 0.0556. The zero-order valence-electron chi connectivity index (χ0n) is 12.4. The van der Waals surface area contributed by atoms with Crippen LogP contribution in [0.4, 0.5) is 0 Å². The van der Waals surface area contributed by atoms with Crippen molar-refractivity contribution < 1.29 is 9.53 Å². The van der Waals surface area contributed by atoms with E-state index in [1.54, 1.807) is 37.5 Å². The van der Waals surface area contributed by atoms with Crippen LogP contribution in [0.1, 0.15) is 15.9 Å². The van der Waals surface area contributed by atoms with E-state index in [1.807, 2.05) is 36.4 Å². The summed E-state index contributed by atoms with van der Waals surface area (Å²) in [6, 6.07) is 16.7. The minimum Gasteiger partial charge on any atom is -0.497 e. The first kappa shape index (κ1) is 15.4. The van der Waals surface area contributed by atoms with Crippen molar-refractivity contribution in [2.24, 2.45) is 0 Å². The topological polar surface area (TPSA) is 50.4 Å². The van der Waals surface area contributed by atoms with Gasteiger partial charge in [0.2, 0.25) is 0 Å². The average molecular weight is 294 g/mol. The Morgan fingerprint density at radius 1 is 1.05 bits per heavy atom. The zero-order valence-corrected chi connectivity index (χ0v) is 12.4. The smallest absolute Gasteiger partial charge is 0.269 e. The Labute approximate surface area is 130 Å². The van der Waals surface area contributed by atoms with Crippen molar-refractivity contribution in [2.75, 3.05) is 7.11 Å². The van der Waals surface area contributed by atoms with Crippen LogP contribution in [0.5, 0.6) is 5.75 Å². The molecule has 1 amide bonds. The van der Waals surface area contributed by atoms with E-state index in [0.717, 1.165) is 5.56 Å². The molecule has 0 aliphatic rings. The highest BCUT2D eigenvalue weighted by Gasteiger charge is 2.04. The lowest BCUT2D eigenvalue weighted by molar-refractivity contribution is 0.0939. The normalized spacial score (nSPS) is 10.2. The van der Waals surface area contributed by atoms with Crippen LogP contribution in [-0.4, -0.2) is 13.0 Å². The number of hydrogen-bond acceptors (Lipinski definition) is 3. The molecule has 0 saturated heterocycles. The first-order chi connectivity index (χ1) is 10.7. The third kappa shape index (κ3) is 4.52. The van der Waals surface area contributed by atoms with Gasteiger partial charge in [-0.15, -0.1) is 0 Å². The van der Waals surface area contributed by atoms with Gasteiger partial charge in [-0.2, -0.15) is 0 Å². The van der Waals surface area contributed by atoms with Gasteiger partial charge in [0, 0.05) is 11.3 Å². The molecular formula is C18H18N2O2. The summed E-state index contributed by atoms with van der Waals surface area (Å²) in [5, 5.41) is 0. The highest BCUT2D eigenvalue weighted by atomic mass is 16.5. The number of ether oxygens (including phenoxy) is 1. The van der Waals surface area contributed by atoms with Gasteiger partial charge in [0.05, 0.1) is 7.11 Å². The Bertz CT molecular complexity index is 661. The second-order valence-corrected chi connectivity index (χ2v) is 4.58. The van der Waals surface area contributed by atoms with Gasteiger partial charge in [0.15, 0.2) is 0 Å². The van der Waals surface area contributed by atoms with Crippen molar-refractivity contribution in [1.29, 1.82) is 0 Å². The third-order valence-electron chi connectivity index (χ3n) is 2.97. The number of carbonyl (C=O) groups is 1. The Kier molecular flexibility index (Phi) is 5.37. The number of hydrogen-bond donors (Lipinski definition) is 2. The summed E-state index contributed by atoms with van der Waals surface area (Å²) in [6.07, 6.45) is 3.71. The molecule has 2 aromatic rings. The van der Waals surface area contributed by atoms with Gasteiger partial charge in [-0.05, 0) is 35.9 Å². The van der Waals surface area contributed by atoms with Crippen LogP contribution in [0, 0.1) is 0 Å². The van der Waals surface area contributed by atoms with E-state index in [-0.39, 0.29) is 5.91 Å². The van der Waals surface area contributed by atoms with E-state index in [9.17, 15) is 4.79 Å². The maximum atomic E-state index is 11.9. The summed E-state index contributed by atoms with van der Waals surface area (Å²) in [7, 11) is 1.58. The monoisotopic (exact) mass is 294 g/mol. The van der Waals surface area contributed by atoms with E-state index >= 15 is 0 Å². The standard InChI is InChI=1S/C18H18N2O2/c1-14(8-9-15-6-4-3-5-7-15)19-20-18(21)16-10-12-17(22-2)13-11-16/h3-13,19H,1H2,2H3,(H,20,21). The number of allylic oxidation sites excluding steroid dienone is 1. The average Bonchev–Trinajstić information content (AvgIpc) is 2.58. The maximum Gasteiger partial charge on any atom is 0.269 e. The van der Waals surface area contributed by atoms with E-state index in [1.165, 1.54) is 0 Å². The quantitative estimate of drug-likeness (QED) is 0.635. The summed E-state index contributed by atoms with van der Waals surface area (Å²) in [4.78, 5) is 11.9. The molecule has 22 heavy (non-hydrogen) atoms. The Hall–Kier alpha value is -3.01. The van der Waals surface area contributed by atoms with Gasteiger partial charge in [0.25, 0.3) is 5.91 Å². The second kappa shape index (κ2) is 7.69. The predicted molar refractivity (Wildman–Crippen MR) is 88.2 cm³/mol. The molecule has 4 nitrogen and oxygen atoms in total. The van der Waals surface area contributed by atoms with Crippen LogP contribution in [0.2, 0.25) is 0 Å². The van der Waals surface area contributed by atoms with E-state index in [4.69, 9.17) is 4.74 Å². The highest BCUT2D eigenvalue weighted by Crippen LogP contribution is 2.10. The zero-order chi connectivity index (χ0) is 15.8. The molecule has 112 valence electrons. The Balaban J connectivity index is 1.85. The van der Waals surface area contributed by atoms with Crippen LogP contribution >= 0.6 is 0 Å². The number of benzene rings is 2. The molecule has 0 spiro atoms. The minimum atomic E-state index is -0.239. The molecule has 0 atom stereocenters. The van der Waals surface area contributed by atoms with Crippen molar-refractivity contribution in [1.82, 2.24) is 10.9 Å². The molecule has 4 heteroatoms. The molecule has 2 N–H and O–H groups in total. The molecule has 0 unspecified atom stereocenters. The van der Waals surface area contributed by atoms with E-state index in [0.29, 0.717) is 17.0 Å². The highest BCUT2D eigenvalue weighted by molar-refractivity contribution is 5.94. The lowest BCUT2D eigenvalue weighted by atomic mass is 10.2. The van der Waals surface area contributed by atoms with Gasteiger partial charge >= 0.3 is 0 Å². The van der Waals surface area contributed by atoms with E-state index < -0.39 is 0 Å². The first-order valence-electron chi connectivity index (χ1n) is 6.81. The largest absolute Gasteiger partial charge is 0.497 e. The summed E-state index contributed by atoms with van der Waals surface area (Å²) in [5.41, 5.74) is 7.55. The summed E-state index contributed by atoms with van der Waals surface area (Å²) in [5.74, 6) is 0.469. The van der Waals surface area contributed by atoms with Crippen LogP contribution in [0.3, 0.4) is 0 Å². The molecule has 2 rings (SSSR count). The number of methoxy groups -OCH3 is 1. The van der Waals surface area contributed by atoms with Crippen molar-refractivity contribution in [3.8, 4) is 5.75 Å². The van der Waals surface area contributed by atoms with Crippen LogP contribution in [0.25, 0.3) is 6.08 Å². The molecule has 0 saturated carbocycles. The Morgan fingerprint density at radius 2 is 1.73 bits per heavy atom. The number of amides is 1. The molecule has 0 heterocycles. The maximum absolute atomic E-state index is 11.9. The second-order valence-electron chi connectivity index (χ2n) is 4.58. The number of nitrogens with one attached hydrogen (secondary N) is 2. The molecule has 0 radical (unpaired) electrons. The van der Waals surface area contributed by atoms with Crippen LogP contribution in [-0.2, 0) is 0 Å². The van der Waals surface area contributed by atoms with Crippen LogP contribution in [0.15, 0.2) is 72.9 Å². The lowest BCUT2D eigenvalue weighted by Crippen LogP contribution is -2.35. The molecule has 0 aliphatic carbocycles. The van der Waals surface area contributed by atoms with Gasteiger partial charge in [0.1, 0.15) is 5.75 Å². The van der Waals surface area contributed by atoms with E-state index in [2.05, 4.69) is 17.4 Å². The first-order valence-corrected chi connectivity index (χ1v) is 6.81. The summed E-state index contributed by atoms with van der Waals surface area (Å²) >= 11 is 0. The van der Waals surface area contributed by atoms with Gasteiger partial charge in [-0.25, -0.2) is 0 Å². The summed E-state index contributed by atoms with van der Waals surface area (Å²) < 4.78 is 5.05. The lowest BCUT2D eigenvalue weighted by Gasteiger charge is -2.08. The molecule has 0 bridgehead atoms. The van der Waals surface area contributed by atoms with Crippen molar-refractivity contribution >= 4 is 12.0 Å². The van der Waals surface area contributed by atoms with Crippen molar-refractivity contribution in [3.05, 3.63) is 84.1 Å². The number of rotatable bonds is 6. The number of carbonyl (C=O) groups excluding carboxylic acids is 1. The molecule has 0 fully saturated rings. The molecule has 2 aromatic carbocycles. The van der Waals surface area contributed by atoms with Crippen molar-refractivity contribution in [3.63, 3.8) is 0 Å². The van der Waals surface area contributed by atoms with Crippen LogP contribution < -0.4 is 15.6 Å². The Morgan fingerprint density at radius 3 is 2.36 bits per heavy atom. The minimum absolute atomic E-state index is 0.239. The molecular weight excluding hydrogens is 276 g/mol. The third-order valence-corrected chi connectivity index (χ3v) is 2.97. The fourth-order valence-corrected chi connectivity index (χ4v) is 1.75. The van der Waals surface area contributed by atoms with Crippen molar-refractivity contribution in [2.45, 2.75) is 0 Å². The fourth-order valence-electron chi connectivity index (χ4n) is 1.75. The SMILES string of the molecule is C=C(C=Cc1ccccc1)NNC(=O)c1ccc(OC)cc1. The number of hydrazine groups is 1. The van der Waals surface area contributed by atoms with Gasteiger partial charge < -0.3 is 4.74 Å². The predicted octanol–water partition coefficient (Wildman–Crippen LogP) is 3.16. The summed E-state index contributed by atoms with van der Waals surface area (Å²) in [6.45, 7) is 3.83. The molecule has 0 aromatic heterocycles. The van der Waals surface area contributed by atoms with Gasteiger partial charge in [-0.3, -0.25) is 15.6 Å².